The molecule has 0 aromatic heterocycles. The number of amides is 1. The summed E-state index contributed by atoms with van der Waals surface area (Å²) < 4.78 is 5.68. The van der Waals surface area contributed by atoms with Crippen LogP contribution in [0.2, 0.25) is 0 Å². The topological polar surface area (TPSA) is 67.4 Å². The number of ether oxygens (including phenoxy) is 1. The van der Waals surface area contributed by atoms with E-state index in [1.807, 2.05) is 24.3 Å². The zero-order valence-corrected chi connectivity index (χ0v) is 16.3. The van der Waals surface area contributed by atoms with E-state index in [0.29, 0.717) is 6.04 Å². The van der Waals surface area contributed by atoms with Gasteiger partial charge in [0, 0.05) is 16.4 Å². The van der Waals surface area contributed by atoms with Gasteiger partial charge in [-0.1, -0.05) is 28.1 Å². The molecule has 0 spiro atoms. The highest BCUT2D eigenvalue weighted by Crippen LogP contribution is 2.23. The van der Waals surface area contributed by atoms with Gasteiger partial charge in [-0.25, -0.2) is 0 Å². The molecule has 3 atom stereocenters. The molecule has 2 rings (SSSR count). The van der Waals surface area contributed by atoms with E-state index in [4.69, 9.17) is 4.74 Å². The van der Waals surface area contributed by atoms with Gasteiger partial charge < -0.3 is 15.4 Å². The van der Waals surface area contributed by atoms with Gasteiger partial charge in [0.2, 0.25) is 5.91 Å². The van der Waals surface area contributed by atoms with Crippen LogP contribution in [0.25, 0.3) is 0 Å². The highest BCUT2D eigenvalue weighted by molar-refractivity contribution is 9.10. The van der Waals surface area contributed by atoms with E-state index < -0.39 is 0 Å². The molecule has 134 valence electrons. The van der Waals surface area contributed by atoms with Gasteiger partial charge in [-0.05, 0) is 44.0 Å². The fraction of sp³-hybridized carbons (Fsp3) is 0.529. The maximum atomic E-state index is 12.6. The molecule has 5 nitrogen and oxygen atoms in total. The van der Waals surface area contributed by atoms with E-state index in [1.54, 1.807) is 0 Å². The SMILES string of the molecule is COC(=O)CC(NC(=O)[C@H]1CCN[C@@H](C)C1)c1cccc(Br)c1.Cl. The van der Waals surface area contributed by atoms with Crippen LogP contribution in [0.4, 0.5) is 0 Å². The van der Waals surface area contributed by atoms with Gasteiger partial charge >= 0.3 is 5.97 Å². The first-order valence-corrected chi connectivity index (χ1v) is 8.65. The maximum absolute atomic E-state index is 12.6. The van der Waals surface area contributed by atoms with Crippen molar-refractivity contribution in [1.29, 1.82) is 0 Å². The molecule has 1 heterocycles. The Morgan fingerprint density at radius 1 is 1.46 bits per heavy atom. The molecule has 1 aliphatic rings. The third-order valence-corrected chi connectivity index (χ3v) is 4.65. The van der Waals surface area contributed by atoms with Crippen molar-refractivity contribution in [3.63, 3.8) is 0 Å². The van der Waals surface area contributed by atoms with Crippen molar-refractivity contribution in [2.45, 2.75) is 38.3 Å². The fourth-order valence-corrected chi connectivity index (χ4v) is 3.30. The Labute approximate surface area is 157 Å². The molecular formula is C17H24BrClN2O3. The molecule has 7 heteroatoms. The maximum Gasteiger partial charge on any atom is 0.307 e. The largest absolute Gasteiger partial charge is 0.469 e. The second kappa shape index (κ2) is 10.0. The standard InChI is InChI=1S/C17H23BrN2O3.ClH/c1-11-8-13(6-7-19-11)17(22)20-15(10-16(21)23-2)12-4-3-5-14(18)9-12;/h3-5,9,11,13,15,19H,6-8,10H2,1-2H3,(H,20,22);1H/t11-,13-,15?;/m0./s1. The Hall–Kier alpha value is -1.11. The van der Waals surface area contributed by atoms with Crippen LogP contribution in [0.1, 0.15) is 37.8 Å². The van der Waals surface area contributed by atoms with Crippen LogP contribution in [0, 0.1) is 5.92 Å². The summed E-state index contributed by atoms with van der Waals surface area (Å²) in [6.45, 7) is 2.93. The average molecular weight is 420 g/mol. The number of esters is 1. The number of nitrogens with one attached hydrogen (secondary N) is 2. The molecule has 24 heavy (non-hydrogen) atoms. The number of carbonyl (C=O) groups excluding carboxylic acids is 2. The van der Waals surface area contributed by atoms with Crippen molar-refractivity contribution in [3.8, 4) is 0 Å². The van der Waals surface area contributed by atoms with Crippen molar-refractivity contribution in [2.75, 3.05) is 13.7 Å². The predicted molar refractivity (Wildman–Crippen MR) is 99.1 cm³/mol. The van der Waals surface area contributed by atoms with Gasteiger partial charge in [-0.2, -0.15) is 0 Å². The molecule has 0 saturated carbocycles. The van der Waals surface area contributed by atoms with Gasteiger partial charge in [-0.3, -0.25) is 9.59 Å². The van der Waals surface area contributed by atoms with Crippen molar-refractivity contribution >= 4 is 40.2 Å². The lowest BCUT2D eigenvalue weighted by Gasteiger charge is -2.29. The van der Waals surface area contributed by atoms with Crippen LogP contribution in [-0.2, 0) is 14.3 Å². The minimum Gasteiger partial charge on any atom is -0.469 e. The van der Waals surface area contributed by atoms with E-state index in [9.17, 15) is 9.59 Å². The lowest BCUT2D eigenvalue weighted by Crippen LogP contribution is -2.43. The van der Waals surface area contributed by atoms with Crippen LogP contribution < -0.4 is 10.6 Å². The van der Waals surface area contributed by atoms with Crippen LogP contribution >= 0.6 is 28.3 Å². The summed E-state index contributed by atoms with van der Waals surface area (Å²) in [5.41, 5.74) is 0.889. The lowest BCUT2D eigenvalue weighted by atomic mass is 9.91. The molecule has 0 bridgehead atoms. The van der Waals surface area contributed by atoms with E-state index in [0.717, 1.165) is 29.4 Å². The number of piperidine rings is 1. The molecular weight excluding hydrogens is 396 g/mol. The van der Waals surface area contributed by atoms with Crippen LogP contribution in [0.3, 0.4) is 0 Å². The van der Waals surface area contributed by atoms with E-state index >= 15 is 0 Å². The highest BCUT2D eigenvalue weighted by atomic mass is 79.9. The van der Waals surface area contributed by atoms with E-state index in [-0.39, 0.29) is 42.7 Å². The van der Waals surface area contributed by atoms with Crippen LogP contribution in [0.5, 0.6) is 0 Å². The van der Waals surface area contributed by atoms with Crippen molar-refractivity contribution in [3.05, 3.63) is 34.3 Å². The molecule has 1 aromatic rings. The van der Waals surface area contributed by atoms with E-state index in [2.05, 4.69) is 33.5 Å². The van der Waals surface area contributed by atoms with Gasteiger partial charge in [0.25, 0.3) is 0 Å². The average Bonchev–Trinajstić information content (AvgIpc) is 2.54. The second-order valence-electron chi connectivity index (χ2n) is 5.97. The number of benzene rings is 1. The molecule has 1 amide bonds. The molecule has 2 N–H and O–H groups in total. The summed E-state index contributed by atoms with van der Waals surface area (Å²) in [5, 5.41) is 6.37. The molecule has 1 aliphatic heterocycles. The van der Waals surface area contributed by atoms with Crippen molar-refractivity contribution in [1.82, 2.24) is 10.6 Å². The van der Waals surface area contributed by atoms with Crippen LogP contribution in [0.15, 0.2) is 28.7 Å². The minimum atomic E-state index is -0.377. The zero-order valence-electron chi connectivity index (χ0n) is 13.9. The number of halogens is 2. The molecule has 1 fully saturated rings. The molecule has 0 aliphatic carbocycles. The summed E-state index contributed by atoms with van der Waals surface area (Å²) in [5.74, 6) is -0.347. The first kappa shape index (κ1) is 20.9. The third kappa shape index (κ3) is 6.07. The number of hydrogen-bond acceptors (Lipinski definition) is 4. The Bertz CT molecular complexity index is 571. The smallest absolute Gasteiger partial charge is 0.307 e. The van der Waals surface area contributed by atoms with Gasteiger partial charge in [0.05, 0.1) is 19.6 Å². The second-order valence-corrected chi connectivity index (χ2v) is 6.89. The number of hydrogen-bond donors (Lipinski definition) is 2. The van der Waals surface area contributed by atoms with Gasteiger partial charge in [0.15, 0.2) is 0 Å². The zero-order chi connectivity index (χ0) is 16.8. The first-order chi connectivity index (χ1) is 11.0. The number of carbonyl (C=O) groups is 2. The highest BCUT2D eigenvalue weighted by Gasteiger charge is 2.27. The minimum absolute atomic E-state index is 0. The summed E-state index contributed by atoms with van der Waals surface area (Å²) in [6.07, 6.45) is 1.76. The molecule has 1 aromatic carbocycles. The predicted octanol–water partition coefficient (Wildman–Crippen LogP) is 2.98. The molecule has 1 saturated heterocycles. The Morgan fingerprint density at radius 2 is 2.21 bits per heavy atom. The van der Waals surface area contributed by atoms with Gasteiger partial charge in [0.1, 0.15) is 0 Å². The van der Waals surface area contributed by atoms with Crippen molar-refractivity contribution in [2.24, 2.45) is 5.92 Å². The number of rotatable bonds is 5. The first-order valence-electron chi connectivity index (χ1n) is 7.85. The van der Waals surface area contributed by atoms with E-state index in [1.165, 1.54) is 7.11 Å². The normalized spacial score (nSPS) is 21.3. The monoisotopic (exact) mass is 418 g/mol. The summed E-state index contributed by atoms with van der Waals surface area (Å²) >= 11 is 3.43. The fourth-order valence-electron chi connectivity index (χ4n) is 2.89. The summed E-state index contributed by atoms with van der Waals surface area (Å²) in [7, 11) is 1.36. The number of methoxy groups -OCH3 is 1. The third-order valence-electron chi connectivity index (χ3n) is 4.16. The van der Waals surface area contributed by atoms with Crippen molar-refractivity contribution < 1.29 is 14.3 Å². The Morgan fingerprint density at radius 3 is 2.83 bits per heavy atom. The summed E-state index contributed by atoms with van der Waals surface area (Å²) in [6, 6.07) is 7.59. The van der Waals surface area contributed by atoms with Gasteiger partial charge in [-0.15, -0.1) is 12.4 Å². The quantitative estimate of drug-likeness (QED) is 0.720. The molecule has 0 radical (unpaired) electrons. The van der Waals surface area contributed by atoms with Crippen LogP contribution in [-0.4, -0.2) is 31.6 Å². The Kier molecular flexibility index (Phi) is 8.73. The summed E-state index contributed by atoms with van der Waals surface area (Å²) in [4.78, 5) is 24.3. The lowest BCUT2D eigenvalue weighted by molar-refractivity contribution is -0.141. The molecule has 1 unspecified atom stereocenters. The Balaban J connectivity index is 0.00000288.